The van der Waals surface area contributed by atoms with Gasteiger partial charge in [0.25, 0.3) is 22.9 Å². The zero-order valence-corrected chi connectivity index (χ0v) is 76.6. The molecule has 50 heteroatoms. The van der Waals surface area contributed by atoms with E-state index < -0.39 is 160 Å². The standard InChI is InChI=1S/C90H113N23O27/c1-47-75(121)56(91)39-68(139-47)140-60-41-90(134,40-55-70(60)79(125)72-71(77(55)123)76(122)54-7-3-8-59(135-2)69(54)78(72)124)61(46-114)111-112-67(120)10-4-9-62(115)94-25-5-33-136-35-37-138-38-36-137-34-6-30-113(31-23-65(118)97-28-26-95-63(116)21-19-57(86(130)131)105-82(126)48-11-15-50(16-12-48)99-42-52-44-101-73-80(103-52)107-88(92)109-84(73)128)32-24-66(119)98-29-27-96-64(117)22-20-58(87(132)133)106-83(127)49-13-17-51(18-14-49)100-43-53-45-102-74-81(104-53)108-89(93)110-85(74)129/h3,7-8,11-18,44-45,47,56-58,60,68,75,99-100,114,121,123,125,134H,4-6,9-10,19-43,46,91H2,1-2H3,(H,94,115)(H,95,116)(H,96,117)(H,97,118)(H,98,119)(H,105,126)(H,106,127)(H,112,120)(H,130,131)(H,132,133)(H3,92,103,107,109,128)(H3,93,104,108,110,129)/b111-61+/t47-,56-,57?,58?,60-,68+,75+,90+/m1/s1. The zero-order valence-electron chi connectivity index (χ0n) is 76.6. The summed E-state index contributed by atoms with van der Waals surface area (Å²) in [5, 5.41) is 106. The average molecular weight is 1950 g/mol. The van der Waals surface area contributed by atoms with Crippen LogP contribution in [0.3, 0.4) is 0 Å². The number of benzene rings is 4. The van der Waals surface area contributed by atoms with Crippen molar-refractivity contribution in [3.8, 4) is 17.2 Å². The Bertz CT molecular complexity index is 5740. The van der Waals surface area contributed by atoms with Gasteiger partial charge in [-0.25, -0.2) is 35.0 Å². The smallest absolute Gasteiger partial charge is 0.326 e. The van der Waals surface area contributed by atoms with E-state index >= 15 is 0 Å². The number of nitrogen functional groups attached to an aromatic ring is 2. The van der Waals surface area contributed by atoms with E-state index in [-0.39, 0.29) is 254 Å². The lowest BCUT2D eigenvalue weighted by molar-refractivity contribution is -0.245. The maximum atomic E-state index is 14.2. The number of nitrogens with zero attached hydrogens (tertiary/aromatic N) is 8. The van der Waals surface area contributed by atoms with Gasteiger partial charge >= 0.3 is 11.9 Å². The van der Waals surface area contributed by atoms with Gasteiger partial charge in [-0.15, -0.1) is 0 Å². The SMILES string of the molecule is COc1cccc2c1C(=O)c1c(O)c3c(c(O)c1C2=O)C[C@@](O)(/C(CO)=N/NC(=O)CCCC(=O)NCCCOCCOCCOCCCN(CCC(=O)NCCNC(=O)CCC(NC(=O)c1ccc(NCc2cnc4c(=O)[nH]c(N)nc4n2)cc1)C(=O)O)CCC(=O)NCCNC(=O)CCC(NC(=O)c1ccc(NCc2cnc4c(=O)[nH]c(N)nc4n2)cc1)C(=O)O)C[C@H]3O[C@H]1C[C@@H](N)[C@@H](O)[C@@H](C)O1. The average Bonchev–Trinajstić information content (AvgIpc) is 0.707. The van der Waals surface area contributed by atoms with Gasteiger partial charge in [0.2, 0.25) is 53.1 Å². The van der Waals surface area contributed by atoms with Gasteiger partial charge in [0.15, 0.2) is 34.4 Å². The first kappa shape index (κ1) is 106. The minimum Gasteiger partial charge on any atom is -0.507 e. The number of H-pyrrole nitrogens is 2. The zero-order chi connectivity index (χ0) is 101. The van der Waals surface area contributed by atoms with Crippen molar-refractivity contribution in [3.63, 3.8) is 0 Å². The molecule has 4 aromatic heterocycles. The van der Waals surface area contributed by atoms with Crippen LogP contribution >= 0.6 is 0 Å². The number of rotatable bonds is 54. The highest BCUT2D eigenvalue weighted by molar-refractivity contribution is 6.31. The molecule has 750 valence electrons. The van der Waals surface area contributed by atoms with E-state index in [1.807, 2.05) is 4.90 Å². The molecule has 5 heterocycles. The van der Waals surface area contributed by atoms with Crippen LogP contribution in [0.5, 0.6) is 17.2 Å². The number of aliphatic carboxylic acids is 2. The van der Waals surface area contributed by atoms with E-state index in [0.29, 0.717) is 42.1 Å². The van der Waals surface area contributed by atoms with Gasteiger partial charge < -0.3 is 134 Å². The number of hydrazone groups is 1. The Labute approximate surface area is 797 Å². The normalized spacial score (nSPS) is 17.0. The number of ether oxygens (including phenoxy) is 6. The number of carboxylic acids is 2. The van der Waals surface area contributed by atoms with Gasteiger partial charge in [-0.2, -0.15) is 15.1 Å². The topological polar surface area (TPSA) is 759 Å². The van der Waals surface area contributed by atoms with Crippen LogP contribution in [0, 0.1) is 0 Å². The first-order valence-corrected chi connectivity index (χ1v) is 45.1. The number of anilines is 4. The van der Waals surface area contributed by atoms with Crippen molar-refractivity contribution in [1.82, 2.24) is 87.4 Å². The van der Waals surface area contributed by atoms with Gasteiger partial charge in [-0.05, 0) is 93.6 Å². The fraction of sp³-hybridized carbons (Fsp3) is 0.456. The maximum Gasteiger partial charge on any atom is 0.326 e. The largest absolute Gasteiger partial charge is 0.507 e. The molecule has 0 radical (unpaired) electrons. The Hall–Kier alpha value is -14.8. The van der Waals surface area contributed by atoms with Crippen LogP contribution in [-0.2, 0) is 81.6 Å². The molecule has 2 unspecified atom stereocenters. The first-order chi connectivity index (χ1) is 67.2. The molecular formula is C90H113N23O27. The van der Waals surface area contributed by atoms with E-state index in [1.54, 1.807) is 31.2 Å². The molecule has 8 amide bonds. The van der Waals surface area contributed by atoms with Crippen LogP contribution in [0.15, 0.2) is 93.8 Å². The number of aliphatic hydroxyl groups is 3. The van der Waals surface area contributed by atoms with E-state index in [0.717, 1.165) is 0 Å². The Balaban J connectivity index is 0.565. The second-order valence-electron chi connectivity index (χ2n) is 33.0. The molecule has 25 N–H and O–H groups in total. The summed E-state index contributed by atoms with van der Waals surface area (Å²) in [7, 11) is 1.29. The summed E-state index contributed by atoms with van der Waals surface area (Å²) in [5.41, 5.74) is 16.6. The van der Waals surface area contributed by atoms with Crippen LogP contribution in [0.2, 0.25) is 0 Å². The number of aromatic hydroxyl groups is 2. The van der Waals surface area contributed by atoms with Crippen molar-refractivity contribution in [2.75, 3.05) is 128 Å². The highest BCUT2D eigenvalue weighted by Gasteiger charge is 2.50. The van der Waals surface area contributed by atoms with E-state index in [9.17, 15) is 103 Å². The van der Waals surface area contributed by atoms with Crippen molar-refractivity contribution in [1.29, 1.82) is 0 Å². The minimum atomic E-state index is -2.26. The number of carbonyl (C=O) groups excluding carboxylic acids is 10. The van der Waals surface area contributed by atoms with Crippen LogP contribution < -0.4 is 86.3 Å². The second kappa shape index (κ2) is 51.1. The molecule has 3 aliphatic rings. The number of aliphatic hydroxyl groups excluding tert-OH is 2. The predicted octanol–water partition coefficient (Wildman–Crippen LogP) is -1.66. The van der Waals surface area contributed by atoms with E-state index in [2.05, 4.69) is 98.3 Å². The molecule has 8 aromatic rings. The molecule has 4 aromatic carbocycles. The maximum absolute atomic E-state index is 14.2. The summed E-state index contributed by atoms with van der Waals surface area (Å²) in [4.78, 5) is 212. The summed E-state index contributed by atoms with van der Waals surface area (Å²) in [6, 6.07) is 12.7. The first-order valence-electron chi connectivity index (χ1n) is 45.1. The molecule has 140 heavy (non-hydrogen) atoms. The number of phenolic OH excluding ortho intramolecular Hbond substituents is 2. The number of fused-ring (bicyclic) bond motifs is 5. The number of phenols is 2. The summed E-state index contributed by atoms with van der Waals surface area (Å²) < 4.78 is 34.7. The Morgan fingerprint density at radius 2 is 1.06 bits per heavy atom. The predicted molar refractivity (Wildman–Crippen MR) is 497 cm³/mol. The molecule has 1 saturated heterocycles. The van der Waals surface area contributed by atoms with Gasteiger partial charge in [0.05, 0.1) is 118 Å². The fourth-order valence-corrected chi connectivity index (χ4v) is 15.5. The molecule has 2 aliphatic carbocycles. The third-order valence-electron chi connectivity index (χ3n) is 22.8. The molecular weight excluding hydrogens is 1840 g/mol. The summed E-state index contributed by atoms with van der Waals surface area (Å²) in [6.45, 7) is 3.30. The van der Waals surface area contributed by atoms with Crippen molar-refractivity contribution < 1.29 is 122 Å². The molecule has 1 aliphatic heterocycles. The van der Waals surface area contributed by atoms with Crippen LogP contribution in [0.25, 0.3) is 22.3 Å². The van der Waals surface area contributed by atoms with Gasteiger partial charge in [-0.1, -0.05) is 12.1 Å². The van der Waals surface area contributed by atoms with Crippen molar-refractivity contribution in [2.45, 2.75) is 158 Å². The number of methoxy groups -OCH3 is 1. The quantitative estimate of drug-likeness (QED) is 0.00878. The number of carboxylic acid groups (broad SMARTS) is 2. The molecule has 0 spiro atoms. The second-order valence-corrected chi connectivity index (χ2v) is 33.0. The number of nitrogens with one attached hydrogen (secondary N) is 12. The van der Waals surface area contributed by atoms with Gasteiger partial charge in [0.1, 0.15) is 34.9 Å². The lowest BCUT2D eigenvalue weighted by Gasteiger charge is -2.43. The Morgan fingerprint density at radius 1 is 0.586 bits per heavy atom. The molecule has 0 saturated carbocycles. The Kier molecular flexibility index (Phi) is 38.5. The number of hydrogen-bond acceptors (Lipinski definition) is 38. The lowest BCUT2D eigenvalue weighted by Crippen LogP contribution is -2.53. The number of aromatic amines is 2. The molecule has 11 rings (SSSR count). The number of aromatic nitrogens is 8. The van der Waals surface area contributed by atoms with E-state index in [4.69, 9.17) is 45.6 Å². The summed E-state index contributed by atoms with van der Waals surface area (Å²) >= 11 is 0. The molecule has 8 atom stereocenters. The van der Waals surface area contributed by atoms with Gasteiger partial charge in [0, 0.05) is 169 Å². The summed E-state index contributed by atoms with van der Waals surface area (Å²) in [5.74, 6) is -10.5. The number of amides is 8. The highest BCUT2D eigenvalue weighted by atomic mass is 16.7. The number of hydrogen-bond donors (Lipinski definition) is 22. The fourth-order valence-electron chi connectivity index (χ4n) is 15.5. The number of nitrogens with two attached hydrogens (primary N) is 3. The molecule has 50 nitrogen and oxygen atoms in total. The van der Waals surface area contributed by atoms with Crippen LogP contribution in [0.4, 0.5) is 23.3 Å². The lowest BCUT2D eigenvalue weighted by atomic mass is 9.71. The monoisotopic (exact) mass is 1950 g/mol. The highest BCUT2D eigenvalue weighted by Crippen LogP contribution is 2.53. The van der Waals surface area contributed by atoms with Gasteiger partial charge in [-0.3, -0.25) is 67.5 Å². The number of carbonyl (C=O) groups is 12. The van der Waals surface area contributed by atoms with Crippen molar-refractivity contribution >= 4 is 122 Å². The summed E-state index contributed by atoms with van der Waals surface area (Å²) in [6.07, 6.45) is -3.46. The Morgan fingerprint density at radius 3 is 1.56 bits per heavy atom. The van der Waals surface area contributed by atoms with E-state index in [1.165, 1.54) is 62.0 Å². The third-order valence-corrected chi connectivity index (χ3v) is 22.8. The van der Waals surface area contributed by atoms with Crippen LogP contribution in [-0.4, -0.2) is 305 Å². The van der Waals surface area contributed by atoms with Crippen LogP contribution in [0.1, 0.15) is 172 Å². The molecule has 0 bridgehead atoms. The van der Waals surface area contributed by atoms with Crippen molar-refractivity contribution in [2.24, 2.45) is 10.8 Å². The minimum absolute atomic E-state index is 0.00311. The number of ketones is 2. The molecule has 1 fully saturated rings. The third kappa shape index (κ3) is 29.6. The van der Waals surface area contributed by atoms with Crippen molar-refractivity contribution in [3.05, 3.63) is 156 Å².